The summed E-state index contributed by atoms with van der Waals surface area (Å²) in [5.41, 5.74) is 1.81. The number of anilines is 1. The zero-order chi connectivity index (χ0) is 23.4. The molecule has 0 radical (unpaired) electrons. The summed E-state index contributed by atoms with van der Waals surface area (Å²) in [6, 6.07) is 14.5. The summed E-state index contributed by atoms with van der Waals surface area (Å²) in [6.07, 6.45) is 2.14. The first-order valence-electron chi connectivity index (χ1n) is 11.3. The monoisotopic (exact) mass is 462 g/mol. The van der Waals surface area contributed by atoms with Crippen molar-refractivity contribution in [3.8, 4) is 0 Å². The molecule has 0 aliphatic rings. The van der Waals surface area contributed by atoms with Crippen LogP contribution in [0.4, 0.5) is 5.82 Å². The Morgan fingerprint density at radius 2 is 1.82 bits per heavy atom. The fourth-order valence-corrected chi connectivity index (χ4v) is 4.43. The van der Waals surface area contributed by atoms with E-state index in [1.54, 1.807) is 18.0 Å². The summed E-state index contributed by atoms with van der Waals surface area (Å²) in [7, 11) is 0. The van der Waals surface area contributed by atoms with Crippen molar-refractivity contribution in [3.63, 3.8) is 0 Å². The molecule has 0 aliphatic carbocycles. The van der Waals surface area contributed by atoms with Gasteiger partial charge >= 0.3 is 0 Å². The highest BCUT2D eigenvalue weighted by atomic mass is 32.2. The van der Waals surface area contributed by atoms with Crippen LogP contribution in [0.25, 0.3) is 21.8 Å². The summed E-state index contributed by atoms with van der Waals surface area (Å²) in [5.74, 6) is 0.792. The third kappa shape index (κ3) is 5.63. The molecule has 2 N–H and O–H groups in total. The number of nitrogens with one attached hydrogen (secondary N) is 2. The minimum absolute atomic E-state index is 0.00402. The molecule has 4 rings (SSSR count). The van der Waals surface area contributed by atoms with Gasteiger partial charge in [0.2, 0.25) is 5.91 Å². The van der Waals surface area contributed by atoms with Gasteiger partial charge < -0.3 is 10.6 Å². The molecule has 2 aromatic carbocycles. The van der Waals surface area contributed by atoms with Gasteiger partial charge in [0.05, 0.1) is 24.5 Å². The predicted octanol–water partition coefficient (Wildman–Crippen LogP) is 4.66. The topological polar surface area (TPSA) is 84.7 Å². The molecule has 0 saturated heterocycles. The number of benzene rings is 2. The Hall–Kier alpha value is -3.13. The Labute approximate surface area is 198 Å². The lowest BCUT2D eigenvalue weighted by Crippen LogP contribution is -2.29. The summed E-state index contributed by atoms with van der Waals surface area (Å²) < 4.78 is 1.84. The maximum atomic E-state index is 12.6. The molecular weight excluding hydrogens is 432 g/mol. The third-order valence-corrected chi connectivity index (χ3v) is 5.98. The molecule has 0 aliphatic heterocycles. The first kappa shape index (κ1) is 23.0. The van der Waals surface area contributed by atoms with E-state index in [0.717, 1.165) is 38.3 Å². The molecule has 1 amide bonds. The fourth-order valence-electron chi connectivity index (χ4n) is 3.73. The molecule has 2 heterocycles. The highest BCUT2D eigenvalue weighted by Gasteiger charge is 2.15. The van der Waals surface area contributed by atoms with E-state index in [9.17, 15) is 4.79 Å². The number of hydrogen-bond donors (Lipinski definition) is 2. The number of fused-ring (bicyclic) bond motifs is 2. The Bertz CT molecular complexity index is 1260. The molecule has 0 atom stereocenters. The Balaban J connectivity index is 1.46. The number of carbonyl (C=O) groups excluding carboxylic acids is 1. The van der Waals surface area contributed by atoms with Gasteiger partial charge in [-0.3, -0.25) is 4.79 Å². The van der Waals surface area contributed by atoms with Crippen molar-refractivity contribution in [2.24, 2.45) is 0 Å². The highest BCUT2D eigenvalue weighted by Crippen LogP contribution is 2.27. The van der Waals surface area contributed by atoms with Crippen molar-refractivity contribution >= 4 is 45.3 Å². The SMILES string of the molecule is CC(C)Nc1nc(SC(C)C)nc2c1cnn2CCNC(=O)Cc1cccc2ccccc12. The van der Waals surface area contributed by atoms with E-state index in [1.807, 2.05) is 28.9 Å². The van der Waals surface area contributed by atoms with Gasteiger partial charge in [-0.2, -0.15) is 5.10 Å². The van der Waals surface area contributed by atoms with Crippen LogP contribution in [0.3, 0.4) is 0 Å². The predicted molar refractivity (Wildman–Crippen MR) is 136 cm³/mol. The lowest BCUT2D eigenvalue weighted by atomic mass is 10.0. The van der Waals surface area contributed by atoms with Crippen molar-refractivity contribution in [1.29, 1.82) is 0 Å². The minimum atomic E-state index is -0.00402. The van der Waals surface area contributed by atoms with Crippen LogP contribution in [-0.4, -0.2) is 43.5 Å². The van der Waals surface area contributed by atoms with E-state index in [-0.39, 0.29) is 11.9 Å². The third-order valence-electron chi connectivity index (χ3n) is 5.12. The standard InChI is InChI=1S/C25H30N6OS/c1-16(2)28-23-21-15-27-31(24(21)30-25(29-23)33-17(3)4)13-12-26-22(32)14-19-10-7-9-18-8-5-6-11-20(18)19/h5-11,15-17H,12-14H2,1-4H3,(H,26,32)(H,28,29,30). The lowest BCUT2D eigenvalue weighted by Gasteiger charge is -2.13. The zero-order valence-corrected chi connectivity index (χ0v) is 20.3. The van der Waals surface area contributed by atoms with Crippen LogP contribution in [0, 0.1) is 0 Å². The van der Waals surface area contributed by atoms with Gasteiger partial charge in [0.1, 0.15) is 5.82 Å². The van der Waals surface area contributed by atoms with E-state index in [2.05, 4.69) is 61.6 Å². The molecule has 0 fully saturated rings. The smallest absolute Gasteiger partial charge is 0.224 e. The lowest BCUT2D eigenvalue weighted by molar-refractivity contribution is -0.120. The van der Waals surface area contributed by atoms with Crippen LogP contribution in [0.2, 0.25) is 0 Å². The normalized spacial score (nSPS) is 11.6. The summed E-state index contributed by atoms with van der Waals surface area (Å²) in [4.78, 5) is 22.1. The molecule has 0 unspecified atom stereocenters. The number of nitrogens with zero attached hydrogens (tertiary/aromatic N) is 4. The van der Waals surface area contributed by atoms with Gasteiger partial charge in [-0.25, -0.2) is 14.6 Å². The van der Waals surface area contributed by atoms with E-state index < -0.39 is 0 Å². The second-order valence-corrected chi connectivity index (χ2v) is 10.1. The molecule has 0 spiro atoms. The Morgan fingerprint density at radius 3 is 2.61 bits per heavy atom. The number of hydrogen-bond acceptors (Lipinski definition) is 6. The van der Waals surface area contributed by atoms with Crippen LogP contribution in [-0.2, 0) is 17.8 Å². The van der Waals surface area contributed by atoms with Crippen LogP contribution in [0.1, 0.15) is 33.3 Å². The number of amides is 1. The van der Waals surface area contributed by atoms with Crippen LogP contribution < -0.4 is 10.6 Å². The quantitative estimate of drug-likeness (QED) is 0.278. The number of carbonyl (C=O) groups is 1. The van der Waals surface area contributed by atoms with Gasteiger partial charge in [0.15, 0.2) is 10.8 Å². The van der Waals surface area contributed by atoms with Crippen LogP contribution in [0.15, 0.2) is 53.8 Å². The van der Waals surface area contributed by atoms with Crippen LogP contribution >= 0.6 is 11.8 Å². The molecule has 2 aromatic heterocycles. The van der Waals surface area contributed by atoms with Gasteiger partial charge in [-0.1, -0.05) is 68.1 Å². The molecular formula is C25H30N6OS. The number of thioether (sulfide) groups is 1. The second kappa shape index (κ2) is 10.2. The minimum Gasteiger partial charge on any atom is -0.367 e. The molecule has 172 valence electrons. The van der Waals surface area contributed by atoms with Crippen molar-refractivity contribution in [3.05, 3.63) is 54.2 Å². The van der Waals surface area contributed by atoms with Crippen LogP contribution in [0.5, 0.6) is 0 Å². The van der Waals surface area contributed by atoms with Crippen molar-refractivity contribution in [1.82, 2.24) is 25.1 Å². The van der Waals surface area contributed by atoms with Crippen molar-refractivity contribution in [2.75, 3.05) is 11.9 Å². The first-order valence-corrected chi connectivity index (χ1v) is 12.2. The molecule has 0 bridgehead atoms. The number of rotatable bonds is 9. The maximum Gasteiger partial charge on any atom is 0.224 e. The summed E-state index contributed by atoms with van der Waals surface area (Å²) in [6.45, 7) is 9.42. The Kier molecular flexibility index (Phi) is 7.13. The first-order chi connectivity index (χ1) is 15.9. The second-order valence-electron chi connectivity index (χ2n) is 8.59. The Morgan fingerprint density at radius 1 is 1.03 bits per heavy atom. The van der Waals surface area contributed by atoms with Gasteiger partial charge in [0.25, 0.3) is 0 Å². The van der Waals surface area contributed by atoms with Gasteiger partial charge in [-0.15, -0.1) is 0 Å². The maximum absolute atomic E-state index is 12.6. The molecule has 4 aromatic rings. The van der Waals surface area contributed by atoms with E-state index >= 15 is 0 Å². The summed E-state index contributed by atoms with van der Waals surface area (Å²) in [5, 5.41) is 15.2. The molecule has 7 nitrogen and oxygen atoms in total. The largest absolute Gasteiger partial charge is 0.367 e. The van der Waals surface area contributed by atoms with E-state index in [0.29, 0.717) is 24.8 Å². The molecule has 8 heteroatoms. The molecule has 0 saturated carbocycles. The van der Waals surface area contributed by atoms with E-state index in [4.69, 9.17) is 9.97 Å². The average Bonchev–Trinajstić information content (AvgIpc) is 3.16. The summed E-state index contributed by atoms with van der Waals surface area (Å²) >= 11 is 1.62. The van der Waals surface area contributed by atoms with Crippen molar-refractivity contribution < 1.29 is 4.79 Å². The molecule has 33 heavy (non-hydrogen) atoms. The number of aromatic nitrogens is 4. The van der Waals surface area contributed by atoms with Gasteiger partial charge in [0, 0.05) is 17.8 Å². The zero-order valence-electron chi connectivity index (χ0n) is 19.5. The average molecular weight is 463 g/mol. The van der Waals surface area contributed by atoms with Gasteiger partial charge in [-0.05, 0) is 30.2 Å². The highest BCUT2D eigenvalue weighted by molar-refractivity contribution is 7.99. The van der Waals surface area contributed by atoms with E-state index in [1.165, 1.54) is 0 Å². The fraction of sp³-hybridized carbons (Fsp3) is 0.360. The van der Waals surface area contributed by atoms with Crippen molar-refractivity contribution in [2.45, 2.75) is 57.1 Å².